The second-order valence-electron chi connectivity index (χ2n) is 3.04. The predicted molar refractivity (Wildman–Crippen MR) is 53.8 cm³/mol. The molecule has 13 heavy (non-hydrogen) atoms. The van der Waals surface area contributed by atoms with Gasteiger partial charge in [0, 0.05) is 13.0 Å². The molecule has 0 aliphatic rings. The summed E-state index contributed by atoms with van der Waals surface area (Å²) in [5.74, 6) is 1.06. The lowest BCUT2D eigenvalue weighted by atomic mass is 10.3. The van der Waals surface area contributed by atoms with E-state index in [1.54, 1.807) is 6.26 Å². The fraction of sp³-hybridized carbons (Fsp3) is 0.600. The van der Waals surface area contributed by atoms with Gasteiger partial charge in [0.15, 0.2) is 0 Å². The first-order valence-corrected chi connectivity index (χ1v) is 4.81. The average molecular weight is 182 g/mol. The molecule has 0 aromatic carbocycles. The smallest absolute Gasteiger partial charge is 0.105 e. The van der Waals surface area contributed by atoms with Gasteiger partial charge in [-0.1, -0.05) is 0 Å². The summed E-state index contributed by atoms with van der Waals surface area (Å²) >= 11 is 0. The molecule has 0 saturated heterocycles. The molecule has 0 aliphatic heterocycles. The van der Waals surface area contributed by atoms with Crippen molar-refractivity contribution in [2.75, 3.05) is 26.7 Å². The minimum atomic E-state index is 0.979. The van der Waals surface area contributed by atoms with Crippen LogP contribution in [0.4, 0.5) is 0 Å². The summed E-state index contributed by atoms with van der Waals surface area (Å²) in [6, 6.07) is 3.94. The highest BCUT2D eigenvalue weighted by molar-refractivity contribution is 4.98. The lowest BCUT2D eigenvalue weighted by Crippen LogP contribution is -2.21. The fourth-order valence-electron chi connectivity index (χ4n) is 1.18. The zero-order chi connectivity index (χ0) is 9.36. The van der Waals surface area contributed by atoms with Gasteiger partial charge >= 0.3 is 0 Å². The second kappa shape index (κ2) is 6.69. The van der Waals surface area contributed by atoms with E-state index < -0.39 is 0 Å². The van der Waals surface area contributed by atoms with E-state index in [1.807, 2.05) is 19.2 Å². The van der Waals surface area contributed by atoms with Crippen molar-refractivity contribution in [1.29, 1.82) is 0 Å². The second-order valence-corrected chi connectivity index (χ2v) is 3.04. The van der Waals surface area contributed by atoms with Gasteiger partial charge in [-0.05, 0) is 38.7 Å². The Kier molecular flexibility index (Phi) is 5.29. The monoisotopic (exact) mass is 182 g/mol. The van der Waals surface area contributed by atoms with Crippen LogP contribution in [0.25, 0.3) is 0 Å². The Morgan fingerprint density at radius 1 is 1.31 bits per heavy atom. The molecule has 0 fully saturated rings. The molecule has 0 saturated carbocycles. The SMILES string of the molecule is CNCCCNCCc1ccco1. The maximum Gasteiger partial charge on any atom is 0.105 e. The van der Waals surface area contributed by atoms with E-state index in [9.17, 15) is 0 Å². The first-order valence-electron chi connectivity index (χ1n) is 4.81. The molecule has 0 aliphatic carbocycles. The maximum atomic E-state index is 5.21. The van der Waals surface area contributed by atoms with Gasteiger partial charge in [0.25, 0.3) is 0 Å². The standard InChI is InChI=1S/C10H18N2O/c1-11-6-3-7-12-8-5-10-4-2-9-13-10/h2,4,9,11-12H,3,5-8H2,1H3. The Hall–Kier alpha value is -0.800. The van der Waals surface area contributed by atoms with Crippen LogP contribution in [0, 0.1) is 0 Å². The summed E-state index contributed by atoms with van der Waals surface area (Å²) in [6.07, 6.45) is 3.87. The molecule has 1 rings (SSSR count). The molecule has 2 N–H and O–H groups in total. The van der Waals surface area contributed by atoms with Gasteiger partial charge in [-0.25, -0.2) is 0 Å². The normalized spacial score (nSPS) is 10.5. The van der Waals surface area contributed by atoms with Crippen molar-refractivity contribution in [3.05, 3.63) is 24.2 Å². The number of hydrogen-bond donors (Lipinski definition) is 2. The van der Waals surface area contributed by atoms with Gasteiger partial charge in [-0.3, -0.25) is 0 Å². The van der Waals surface area contributed by atoms with E-state index in [4.69, 9.17) is 4.42 Å². The molecule has 1 aromatic heterocycles. The van der Waals surface area contributed by atoms with Crippen molar-refractivity contribution in [1.82, 2.24) is 10.6 Å². The first-order chi connectivity index (χ1) is 6.43. The Bertz CT molecular complexity index is 197. The molecule has 1 heterocycles. The van der Waals surface area contributed by atoms with Crippen molar-refractivity contribution < 1.29 is 4.42 Å². The van der Waals surface area contributed by atoms with Crippen LogP contribution in [-0.2, 0) is 6.42 Å². The maximum absolute atomic E-state index is 5.21. The van der Waals surface area contributed by atoms with Gasteiger partial charge in [-0.2, -0.15) is 0 Å². The number of furan rings is 1. The molecule has 0 radical (unpaired) electrons. The predicted octanol–water partition coefficient (Wildman–Crippen LogP) is 1.02. The molecule has 3 nitrogen and oxygen atoms in total. The minimum absolute atomic E-state index is 0.979. The molecule has 0 unspecified atom stereocenters. The van der Waals surface area contributed by atoms with Crippen molar-refractivity contribution in [3.63, 3.8) is 0 Å². The molecule has 0 atom stereocenters. The molecule has 1 aromatic rings. The van der Waals surface area contributed by atoms with E-state index in [2.05, 4.69) is 10.6 Å². The zero-order valence-corrected chi connectivity index (χ0v) is 8.18. The number of nitrogens with one attached hydrogen (secondary N) is 2. The molecule has 0 amide bonds. The van der Waals surface area contributed by atoms with E-state index in [0.29, 0.717) is 0 Å². The van der Waals surface area contributed by atoms with Crippen LogP contribution in [-0.4, -0.2) is 26.7 Å². The van der Waals surface area contributed by atoms with Gasteiger partial charge in [0.2, 0.25) is 0 Å². The third-order valence-corrected chi connectivity index (χ3v) is 1.91. The van der Waals surface area contributed by atoms with Crippen molar-refractivity contribution in [2.45, 2.75) is 12.8 Å². The lowest BCUT2D eigenvalue weighted by Gasteiger charge is -2.02. The summed E-state index contributed by atoms with van der Waals surface area (Å²) < 4.78 is 5.21. The molecule has 0 spiro atoms. The summed E-state index contributed by atoms with van der Waals surface area (Å²) in [7, 11) is 1.98. The third-order valence-electron chi connectivity index (χ3n) is 1.91. The average Bonchev–Trinajstić information content (AvgIpc) is 2.63. The van der Waals surface area contributed by atoms with Gasteiger partial charge in [0.1, 0.15) is 5.76 Å². The lowest BCUT2D eigenvalue weighted by molar-refractivity contribution is 0.497. The molecule has 74 valence electrons. The van der Waals surface area contributed by atoms with Gasteiger partial charge < -0.3 is 15.1 Å². The Labute approximate surface area is 79.5 Å². The summed E-state index contributed by atoms with van der Waals surface area (Å²) in [5.41, 5.74) is 0. The topological polar surface area (TPSA) is 37.2 Å². The fourth-order valence-corrected chi connectivity index (χ4v) is 1.18. The van der Waals surface area contributed by atoms with Crippen molar-refractivity contribution in [2.24, 2.45) is 0 Å². The van der Waals surface area contributed by atoms with E-state index in [-0.39, 0.29) is 0 Å². The summed E-state index contributed by atoms with van der Waals surface area (Å²) in [6.45, 7) is 3.15. The van der Waals surface area contributed by atoms with E-state index >= 15 is 0 Å². The van der Waals surface area contributed by atoms with Crippen molar-refractivity contribution in [3.8, 4) is 0 Å². The van der Waals surface area contributed by atoms with E-state index in [0.717, 1.165) is 31.8 Å². The Balaban J connectivity index is 1.90. The minimum Gasteiger partial charge on any atom is -0.469 e. The van der Waals surface area contributed by atoms with Crippen LogP contribution in [0.1, 0.15) is 12.2 Å². The summed E-state index contributed by atoms with van der Waals surface area (Å²) in [4.78, 5) is 0. The number of hydrogen-bond acceptors (Lipinski definition) is 3. The number of rotatable bonds is 7. The van der Waals surface area contributed by atoms with Crippen LogP contribution in [0.5, 0.6) is 0 Å². The Morgan fingerprint density at radius 3 is 2.92 bits per heavy atom. The first kappa shape index (κ1) is 10.3. The van der Waals surface area contributed by atoms with Gasteiger partial charge in [0.05, 0.1) is 6.26 Å². The highest BCUT2D eigenvalue weighted by Crippen LogP contribution is 1.99. The van der Waals surface area contributed by atoms with Crippen LogP contribution in [0.15, 0.2) is 22.8 Å². The van der Waals surface area contributed by atoms with E-state index in [1.165, 1.54) is 6.42 Å². The summed E-state index contributed by atoms with van der Waals surface area (Å²) in [5, 5.41) is 6.47. The van der Waals surface area contributed by atoms with Gasteiger partial charge in [-0.15, -0.1) is 0 Å². The largest absolute Gasteiger partial charge is 0.469 e. The molecular formula is C10H18N2O. The molecular weight excluding hydrogens is 164 g/mol. The Morgan fingerprint density at radius 2 is 2.23 bits per heavy atom. The zero-order valence-electron chi connectivity index (χ0n) is 8.18. The van der Waals surface area contributed by atoms with Crippen molar-refractivity contribution >= 4 is 0 Å². The van der Waals surface area contributed by atoms with Crippen LogP contribution in [0.2, 0.25) is 0 Å². The highest BCUT2D eigenvalue weighted by Gasteiger charge is 1.93. The quantitative estimate of drug-likeness (QED) is 0.618. The highest BCUT2D eigenvalue weighted by atomic mass is 16.3. The molecule has 3 heteroatoms. The van der Waals surface area contributed by atoms with Crippen LogP contribution in [0.3, 0.4) is 0 Å². The van der Waals surface area contributed by atoms with Crippen LogP contribution >= 0.6 is 0 Å². The molecule has 0 bridgehead atoms. The van der Waals surface area contributed by atoms with Crippen LogP contribution < -0.4 is 10.6 Å². The third kappa shape index (κ3) is 4.70.